The highest BCUT2D eigenvalue weighted by Gasteiger charge is 2.54. The van der Waals surface area contributed by atoms with Crippen molar-refractivity contribution >= 4 is 0 Å². The van der Waals surface area contributed by atoms with Gasteiger partial charge in [0.25, 0.3) is 0 Å². The molecule has 0 aliphatic heterocycles. The van der Waals surface area contributed by atoms with Gasteiger partial charge in [0.1, 0.15) is 0 Å². The zero-order valence-corrected chi connectivity index (χ0v) is 10.1. The van der Waals surface area contributed by atoms with Gasteiger partial charge in [0.15, 0.2) is 0 Å². The van der Waals surface area contributed by atoms with Crippen LogP contribution in [0, 0.1) is 17.3 Å². The summed E-state index contributed by atoms with van der Waals surface area (Å²) in [4.78, 5) is 0. The summed E-state index contributed by atoms with van der Waals surface area (Å²) in [6, 6.07) is 0. The first-order valence-electron chi connectivity index (χ1n) is 6.12. The molecule has 1 nitrogen and oxygen atoms in total. The lowest BCUT2D eigenvalue weighted by Crippen LogP contribution is -2.37. The van der Waals surface area contributed by atoms with E-state index in [0.717, 1.165) is 23.9 Å². The fourth-order valence-electron chi connectivity index (χ4n) is 3.26. The van der Waals surface area contributed by atoms with Crippen molar-refractivity contribution in [3.8, 4) is 0 Å². The molecule has 2 saturated carbocycles. The van der Waals surface area contributed by atoms with E-state index in [1.165, 1.54) is 25.7 Å². The van der Waals surface area contributed by atoms with Gasteiger partial charge in [-0.15, -0.1) is 0 Å². The minimum Gasteiger partial charge on any atom is -0.376 e. The van der Waals surface area contributed by atoms with Gasteiger partial charge < -0.3 is 4.74 Å². The molecular weight excluding hydrogens is 172 g/mol. The van der Waals surface area contributed by atoms with E-state index in [-0.39, 0.29) is 5.60 Å². The molecule has 2 fully saturated rings. The van der Waals surface area contributed by atoms with Gasteiger partial charge in [0.05, 0.1) is 5.60 Å². The Kier molecular flexibility index (Phi) is 2.42. The summed E-state index contributed by atoms with van der Waals surface area (Å²) in [6.07, 6.45) is 5.69. The van der Waals surface area contributed by atoms with Crippen molar-refractivity contribution in [2.75, 3.05) is 6.61 Å². The SMILES string of the molecule is CCOC(C)(C)C1CCC2(C)CC2C1. The maximum atomic E-state index is 5.87. The summed E-state index contributed by atoms with van der Waals surface area (Å²) in [6.45, 7) is 9.96. The molecule has 0 aromatic carbocycles. The molecule has 0 aromatic heterocycles. The van der Waals surface area contributed by atoms with Gasteiger partial charge in [-0.1, -0.05) is 6.92 Å². The molecule has 0 bridgehead atoms. The van der Waals surface area contributed by atoms with Gasteiger partial charge in [-0.2, -0.15) is 0 Å². The van der Waals surface area contributed by atoms with Gasteiger partial charge in [-0.05, 0) is 63.7 Å². The Morgan fingerprint density at radius 2 is 2.14 bits per heavy atom. The summed E-state index contributed by atoms with van der Waals surface area (Å²) in [5.41, 5.74) is 0.845. The van der Waals surface area contributed by atoms with Crippen LogP contribution in [-0.2, 0) is 4.74 Å². The van der Waals surface area contributed by atoms with Crippen molar-refractivity contribution in [2.24, 2.45) is 17.3 Å². The monoisotopic (exact) mass is 196 g/mol. The molecule has 0 radical (unpaired) electrons. The minimum absolute atomic E-state index is 0.110. The first kappa shape index (κ1) is 10.5. The lowest BCUT2D eigenvalue weighted by molar-refractivity contribution is -0.0683. The normalized spacial score (nSPS) is 42.0. The Morgan fingerprint density at radius 1 is 1.43 bits per heavy atom. The Morgan fingerprint density at radius 3 is 2.71 bits per heavy atom. The van der Waals surface area contributed by atoms with Crippen molar-refractivity contribution in [3.63, 3.8) is 0 Å². The fraction of sp³-hybridized carbons (Fsp3) is 1.00. The van der Waals surface area contributed by atoms with E-state index in [9.17, 15) is 0 Å². The quantitative estimate of drug-likeness (QED) is 0.670. The molecule has 2 aliphatic rings. The second-order valence-electron chi connectivity index (χ2n) is 6.06. The average molecular weight is 196 g/mol. The highest BCUT2D eigenvalue weighted by atomic mass is 16.5. The maximum absolute atomic E-state index is 5.87. The van der Waals surface area contributed by atoms with E-state index in [1.807, 2.05) is 0 Å². The first-order valence-corrected chi connectivity index (χ1v) is 6.12. The van der Waals surface area contributed by atoms with E-state index in [4.69, 9.17) is 4.74 Å². The number of hydrogen-bond acceptors (Lipinski definition) is 1. The van der Waals surface area contributed by atoms with Crippen LogP contribution < -0.4 is 0 Å². The molecule has 82 valence electrons. The van der Waals surface area contributed by atoms with Crippen LogP contribution in [0.25, 0.3) is 0 Å². The van der Waals surface area contributed by atoms with Crippen LogP contribution in [0.15, 0.2) is 0 Å². The van der Waals surface area contributed by atoms with Gasteiger partial charge in [0.2, 0.25) is 0 Å². The molecule has 1 heteroatoms. The van der Waals surface area contributed by atoms with Gasteiger partial charge in [0, 0.05) is 6.61 Å². The molecule has 0 heterocycles. The largest absolute Gasteiger partial charge is 0.376 e. The summed E-state index contributed by atoms with van der Waals surface area (Å²) >= 11 is 0. The Balaban J connectivity index is 1.94. The molecule has 2 aliphatic carbocycles. The average Bonchev–Trinajstić information content (AvgIpc) is 2.74. The zero-order chi connectivity index (χ0) is 10.4. The van der Waals surface area contributed by atoms with Crippen LogP contribution in [0.3, 0.4) is 0 Å². The Labute approximate surface area is 88.2 Å². The highest BCUT2D eigenvalue weighted by molar-refractivity contribution is 5.05. The molecule has 3 atom stereocenters. The number of hydrogen-bond donors (Lipinski definition) is 0. The van der Waals surface area contributed by atoms with Gasteiger partial charge in [-0.25, -0.2) is 0 Å². The molecule has 3 unspecified atom stereocenters. The first-order chi connectivity index (χ1) is 6.48. The molecule has 0 amide bonds. The second kappa shape index (κ2) is 3.23. The van der Waals surface area contributed by atoms with Crippen molar-refractivity contribution in [2.45, 2.75) is 59.0 Å². The third kappa shape index (κ3) is 1.71. The molecule has 0 aromatic rings. The van der Waals surface area contributed by atoms with Crippen LogP contribution in [0.4, 0.5) is 0 Å². The van der Waals surface area contributed by atoms with Crippen LogP contribution in [0.5, 0.6) is 0 Å². The smallest absolute Gasteiger partial charge is 0.0654 e. The van der Waals surface area contributed by atoms with Crippen molar-refractivity contribution in [3.05, 3.63) is 0 Å². The third-order valence-electron chi connectivity index (χ3n) is 4.67. The second-order valence-corrected chi connectivity index (χ2v) is 6.06. The number of fused-ring (bicyclic) bond motifs is 1. The number of rotatable bonds is 3. The van der Waals surface area contributed by atoms with Crippen LogP contribution >= 0.6 is 0 Å². The zero-order valence-electron chi connectivity index (χ0n) is 10.1. The van der Waals surface area contributed by atoms with Crippen LogP contribution in [0.1, 0.15) is 53.4 Å². The molecule has 0 saturated heterocycles. The van der Waals surface area contributed by atoms with Gasteiger partial charge in [-0.3, -0.25) is 0 Å². The van der Waals surface area contributed by atoms with E-state index in [1.54, 1.807) is 0 Å². The van der Waals surface area contributed by atoms with Crippen molar-refractivity contribution in [1.29, 1.82) is 0 Å². The van der Waals surface area contributed by atoms with Crippen LogP contribution in [0.2, 0.25) is 0 Å². The third-order valence-corrected chi connectivity index (χ3v) is 4.67. The Bertz CT molecular complexity index is 221. The summed E-state index contributed by atoms with van der Waals surface area (Å²) in [5.74, 6) is 1.81. The summed E-state index contributed by atoms with van der Waals surface area (Å²) in [5, 5.41) is 0. The molecule has 2 rings (SSSR count). The fourth-order valence-corrected chi connectivity index (χ4v) is 3.26. The predicted molar refractivity (Wildman–Crippen MR) is 59.3 cm³/mol. The van der Waals surface area contributed by atoms with E-state index in [2.05, 4.69) is 27.7 Å². The molecule has 14 heavy (non-hydrogen) atoms. The summed E-state index contributed by atoms with van der Waals surface area (Å²) < 4.78 is 5.87. The standard InChI is InChI=1S/C13H24O/c1-5-14-12(2,3)10-6-7-13(4)9-11(13)8-10/h10-11H,5-9H2,1-4H3. The lowest BCUT2D eigenvalue weighted by Gasteiger charge is -2.38. The topological polar surface area (TPSA) is 9.23 Å². The molecule has 0 spiro atoms. The van der Waals surface area contributed by atoms with Crippen molar-refractivity contribution < 1.29 is 4.74 Å². The molecular formula is C13H24O. The Hall–Kier alpha value is -0.0400. The maximum Gasteiger partial charge on any atom is 0.0654 e. The number of ether oxygens (including phenoxy) is 1. The van der Waals surface area contributed by atoms with Crippen molar-refractivity contribution in [1.82, 2.24) is 0 Å². The van der Waals surface area contributed by atoms with Crippen LogP contribution in [-0.4, -0.2) is 12.2 Å². The minimum atomic E-state index is 0.110. The van der Waals surface area contributed by atoms with E-state index in [0.29, 0.717) is 0 Å². The molecule has 0 N–H and O–H groups in total. The van der Waals surface area contributed by atoms with E-state index < -0.39 is 0 Å². The predicted octanol–water partition coefficient (Wildman–Crippen LogP) is 3.63. The van der Waals surface area contributed by atoms with E-state index >= 15 is 0 Å². The summed E-state index contributed by atoms with van der Waals surface area (Å²) in [7, 11) is 0. The lowest BCUT2D eigenvalue weighted by atomic mass is 9.75. The highest BCUT2D eigenvalue weighted by Crippen LogP contribution is 2.63. The van der Waals surface area contributed by atoms with Gasteiger partial charge >= 0.3 is 0 Å².